The Kier molecular flexibility index (Phi) is 13.7. The van der Waals surface area contributed by atoms with Crippen LogP contribution in [0.25, 0.3) is 11.4 Å². The highest BCUT2D eigenvalue weighted by Crippen LogP contribution is 2.26. The Hall–Kier alpha value is -2.22. The predicted molar refractivity (Wildman–Crippen MR) is 151 cm³/mol. The smallest absolute Gasteiger partial charge is 0.191 e. The molecular weight excluding hydrogens is 483 g/mol. The SMILES string of the molecule is CCCCCCCCCCCCCCCCn1cc(CSc2nnc(-c3ccc(F)cc3)n2CC)nn1. The molecule has 3 rings (SSSR count). The van der Waals surface area contributed by atoms with Gasteiger partial charge in [0, 0.05) is 30.6 Å². The van der Waals surface area contributed by atoms with E-state index in [2.05, 4.69) is 38.9 Å². The zero-order valence-corrected chi connectivity index (χ0v) is 23.7. The van der Waals surface area contributed by atoms with Crippen LogP contribution in [0.2, 0.25) is 0 Å². The maximum Gasteiger partial charge on any atom is 0.191 e. The van der Waals surface area contributed by atoms with Gasteiger partial charge < -0.3 is 4.57 Å². The van der Waals surface area contributed by atoms with Crippen LogP contribution < -0.4 is 0 Å². The van der Waals surface area contributed by atoms with Gasteiger partial charge in [0.05, 0.1) is 5.69 Å². The van der Waals surface area contributed by atoms with Crippen molar-refractivity contribution < 1.29 is 4.39 Å². The van der Waals surface area contributed by atoms with E-state index in [9.17, 15) is 4.39 Å². The Bertz CT molecular complexity index is 1000. The van der Waals surface area contributed by atoms with Crippen LogP contribution in [0.15, 0.2) is 35.6 Å². The summed E-state index contributed by atoms with van der Waals surface area (Å²) in [4.78, 5) is 0. The molecule has 0 aliphatic carbocycles. The standard InChI is InChI=1S/C29H45FN6S/c1-3-5-6-7-8-9-10-11-12-13-14-15-16-17-22-35-23-27(31-34-35)24-37-29-33-32-28(36(29)4-2)25-18-20-26(30)21-19-25/h18-21,23H,3-17,22,24H2,1-2H3. The van der Waals surface area contributed by atoms with Gasteiger partial charge in [0.15, 0.2) is 11.0 Å². The minimum Gasteiger partial charge on any atom is -0.302 e. The molecule has 6 nitrogen and oxygen atoms in total. The Morgan fingerprint density at radius 3 is 1.92 bits per heavy atom. The van der Waals surface area contributed by atoms with E-state index in [4.69, 9.17) is 0 Å². The number of aromatic nitrogens is 6. The van der Waals surface area contributed by atoms with Crippen LogP contribution in [0.1, 0.15) is 109 Å². The number of thioether (sulfide) groups is 1. The predicted octanol–water partition coefficient (Wildman–Crippen LogP) is 8.47. The van der Waals surface area contributed by atoms with Crippen LogP contribution >= 0.6 is 11.8 Å². The van der Waals surface area contributed by atoms with Crippen molar-refractivity contribution in [3.05, 3.63) is 42.0 Å². The summed E-state index contributed by atoms with van der Waals surface area (Å²) in [6, 6.07) is 6.38. The van der Waals surface area contributed by atoms with Crippen molar-refractivity contribution >= 4 is 11.8 Å². The zero-order chi connectivity index (χ0) is 26.1. The Balaban J connectivity index is 1.26. The number of hydrogen-bond acceptors (Lipinski definition) is 5. The molecule has 0 unspecified atom stereocenters. The summed E-state index contributed by atoms with van der Waals surface area (Å²) < 4.78 is 17.3. The molecule has 0 N–H and O–H groups in total. The van der Waals surface area contributed by atoms with Crippen LogP contribution in [-0.4, -0.2) is 29.8 Å². The summed E-state index contributed by atoms with van der Waals surface area (Å²) in [5, 5.41) is 18.2. The first-order valence-electron chi connectivity index (χ1n) is 14.4. The molecule has 2 heterocycles. The Morgan fingerprint density at radius 1 is 0.730 bits per heavy atom. The average molecular weight is 529 g/mol. The number of aryl methyl sites for hydroxylation is 1. The van der Waals surface area contributed by atoms with E-state index < -0.39 is 0 Å². The zero-order valence-electron chi connectivity index (χ0n) is 22.9. The minimum atomic E-state index is -0.252. The molecule has 1 aromatic carbocycles. The van der Waals surface area contributed by atoms with Gasteiger partial charge in [-0.3, -0.25) is 4.68 Å². The molecule has 8 heteroatoms. The van der Waals surface area contributed by atoms with Gasteiger partial charge in [0.1, 0.15) is 5.82 Å². The number of rotatable bonds is 20. The monoisotopic (exact) mass is 528 g/mol. The van der Waals surface area contributed by atoms with E-state index in [1.165, 1.54) is 95.6 Å². The van der Waals surface area contributed by atoms with E-state index in [1.807, 2.05) is 10.9 Å². The van der Waals surface area contributed by atoms with Gasteiger partial charge in [-0.25, -0.2) is 4.39 Å². The van der Waals surface area contributed by atoms with Crippen molar-refractivity contribution in [1.29, 1.82) is 0 Å². The van der Waals surface area contributed by atoms with Gasteiger partial charge in [-0.2, -0.15) is 0 Å². The van der Waals surface area contributed by atoms with Crippen molar-refractivity contribution in [1.82, 2.24) is 29.8 Å². The van der Waals surface area contributed by atoms with Crippen LogP contribution in [0.5, 0.6) is 0 Å². The van der Waals surface area contributed by atoms with Gasteiger partial charge >= 0.3 is 0 Å². The van der Waals surface area contributed by atoms with Crippen molar-refractivity contribution in [2.75, 3.05) is 0 Å². The minimum absolute atomic E-state index is 0.252. The second-order valence-corrected chi connectivity index (χ2v) is 10.9. The molecule has 3 aromatic rings. The molecule has 0 aliphatic rings. The number of benzene rings is 1. The first-order valence-corrected chi connectivity index (χ1v) is 15.4. The second kappa shape index (κ2) is 17.3. The first-order chi connectivity index (χ1) is 18.2. The highest BCUT2D eigenvalue weighted by molar-refractivity contribution is 7.98. The second-order valence-electron chi connectivity index (χ2n) is 9.92. The maximum absolute atomic E-state index is 13.3. The van der Waals surface area contributed by atoms with Crippen LogP contribution in [-0.2, 0) is 18.8 Å². The van der Waals surface area contributed by atoms with Crippen LogP contribution in [0.3, 0.4) is 0 Å². The number of halogens is 1. The molecular formula is C29H45FN6S. The summed E-state index contributed by atoms with van der Waals surface area (Å²) >= 11 is 1.60. The van der Waals surface area contributed by atoms with Gasteiger partial charge in [-0.1, -0.05) is 107 Å². The number of hydrogen-bond donors (Lipinski definition) is 0. The normalized spacial score (nSPS) is 11.4. The third-order valence-electron chi connectivity index (χ3n) is 6.81. The molecule has 0 saturated heterocycles. The summed E-state index contributed by atoms with van der Waals surface area (Å²) in [6.45, 7) is 6.01. The largest absolute Gasteiger partial charge is 0.302 e. The molecule has 2 aromatic heterocycles. The molecule has 37 heavy (non-hydrogen) atoms. The molecule has 0 fully saturated rings. The van der Waals surface area contributed by atoms with E-state index in [0.29, 0.717) is 5.75 Å². The highest BCUT2D eigenvalue weighted by Gasteiger charge is 2.14. The molecule has 0 bridgehead atoms. The third-order valence-corrected chi connectivity index (χ3v) is 7.81. The highest BCUT2D eigenvalue weighted by atomic mass is 32.2. The lowest BCUT2D eigenvalue weighted by Crippen LogP contribution is -2.00. The summed E-state index contributed by atoms with van der Waals surface area (Å²) in [6.07, 6.45) is 21.2. The molecule has 0 aliphatic heterocycles. The van der Waals surface area contributed by atoms with Gasteiger partial charge in [-0.15, -0.1) is 15.3 Å². The fourth-order valence-electron chi connectivity index (χ4n) is 4.61. The van der Waals surface area contributed by atoms with Crippen molar-refractivity contribution in [2.24, 2.45) is 0 Å². The number of unbranched alkanes of at least 4 members (excludes halogenated alkanes) is 13. The van der Waals surface area contributed by atoms with Crippen LogP contribution in [0, 0.1) is 5.82 Å². The van der Waals surface area contributed by atoms with Gasteiger partial charge in [0.2, 0.25) is 0 Å². The molecule has 0 saturated carbocycles. The lowest BCUT2D eigenvalue weighted by molar-refractivity contribution is 0.504. The third kappa shape index (κ3) is 10.6. The summed E-state index contributed by atoms with van der Waals surface area (Å²) in [7, 11) is 0. The molecule has 0 atom stereocenters. The number of nitrogens with zero attached hydrogens (tertiary/aromatic N) is 6. The molecule has 0 spiro atoms. The van der Waals surface area contributed by atoms with Crippen LogP contribution in [0.4, 0.5) is 4.39 Å². The summed E-state index contributed by atoms with van der Waals surface area (Å²) in [5.41, 5.74) is 1.81. The molecule has 0 amide bonds. The quantitative estimate of drug-likeness (QED) is 0.109. The topological polar surface area (TPSA) is 61.4 Å². The van der Waals surface area contributed by atoms with E-state index >= 15 is 0 Å². The van der Waals surface area contributed by atoms with Crippen molar-refractivity contribution in [2.45, 2.75) is 128 Å². The average Bonchev–Trinajstić information content (AvgIpc) is 3.54. The Morgan fingerprint density at radius 2 is 1.32 bits per heavy atom. The van der Waals surface area contributed by atoms with E-state index in [-0.39, 0.29) is 5.82 Å². The maximum atomic E-state index is 13.3. The fourth-order valence-corrected chi connectivity index (χ4v) is 5.49. The van der Waals surface area contributed by atoms with Gasteiger partial charge in [-0.05, 0) is 37.6 Å². The van der Waals surface area contributed by atoms with E-state index in [1.54, 1.807) is 23.9 Å². The Labute approximate surface area is 226 Å². The molecule has 0 radical (unpaired) electrons. The van der Waals surface area contributed by atoms with Crippen molar-refractivity contribution in [3.63, 3.8) is 0 Å². The van der Waals surface area contributed by atoms with E-state index in [0.717, 1.165) is 41.7 Å². The van der Waals surface area contributed by atoms with Gasteiger partial charge in [0.25, 0.3) is 0 Å². The lowest BCUT2D eigenvalue weighted by atomic mass is 10.0. The van der Waals surface area contributed by atoms with Crippen molar-refractivity contribution in [3.8, 4) is 11.4 Å². The summed E-state index contributed by atoms with van der Waals surface area (Å²) in [5.74, 6) is 1.20. The first kappa shape index (κ1) is 29.3. The molecule has 204 valence electrons. The lowest BCUT2D eigenvalue weighted by Gasteiger charge is -2.06. The fraction of sp³-hybridized carbons (Fsp3) is 0.655.